The van der Waals surface area contributed by atoms with Gasteiger partial charge in [0.25, 0.3) is 5.91 Å². The Morgan fingerprint density at radius 2 is 1.87 bits per heavy atom. The molecule has 0 aliphatic heterocycles. The van der Waals surface area contributed by atoms with Crippen molar-refractivity contribution < 1.29 is 14.3 Å². The average molecular weight is 405 g/mol. The van der Waals surface area contributed by atoms with Crippen molar-refractivity contribution in [3.63, 3.8) is 0 Å². The molecular weight excluding hydrogens is 376 g/mol. The maximum atomic E-state index is 12.3. The van der Waals surface area contributed by atoms with Crippen LogP contribution in [0.1, 0.15) is 43.4 Å². The number of hydrogen-bond acceptors (Lipinski definition) is 4. The Labute approximate surface area is 177 Å². The monoisotopic (exact) mass is 404 g/mol. The Kier molecular flexibility index (Phi) is 7.07. The molecule has 0 saturated carbocycles. The molecule has 0 unspecified atom stereocenters. The van der Waals surface area contributed by atoms with Gasteiger partial charge in [-0.15, -0.1) is 0 Å². The van der Waals surface area contributed by atoms with E-state index in [1.165, 1.54) is 0 Å². The number of fused-ring (bicyclic) bond motifs is 1. The molecule has 0 aliphatic carbocycles. The van der Waals surface area contributed by atoms with Gasteiger partial charge in [-0.1, -0.05) is 56.3 Å². The first kappa shape index (κ1) is 21.4. The summed E-state index contributed by atoms with van der Waals surface area (Å²) in [6.45, 7) is 8.58. The van der Waals surface area contributed by atoms with E-state index in [4.69, 9.17) is 9.47 Å². The smallest absolute Gasteiger partial charge is 0.277 e. The second-order valence-corrected chi connectivity index (χ2v) is 7.41. The van der Waals surface area contributed by atoms with Gasteiger partial charge in [0.1, 0.15) is 11.5 Å². The molecule has 0 aliphatic rings. The average Bonchev–Trinajstić information content (AvgIpc) is 2.73. The topological polar surface area (TPSA) is 59.9 Å². The van der Waals surface area contributed by atoms with Gasteiger partial charge in [0.2, 0.25) is 0 Å². The molecule has 0 atom stereocenters. The lowest BCUT2D eigenvalue weighted by atomic mass is 10.0. The van der Waals surface area contributed by atoms with Crippen molar-refractivity contribution in [2.45, 2.75) is 33.6 Å². The van der Waals surface area contributed by atoms with E-state index in [9.17, 15) is 4.79 Å². The fourth-order valence-corrected chi connectivity index (χ4v) is 3.28. The summed E-state index contributed by atoms with van der Waals surface area (Å²) in [5, 5.41) is 6.23. The zero-order chi connectivity index (χ0) is 21.5. The fourth-order valence-electron chi connectivity index (χ4n) is 3.28. The minimum absolute atomic E-state index is 0.103. The predicted molar refractivity (Wildman–Crippen MR) is 122 cm³/mol. The lowest BCUT2D eigenvalue weighted by Crippen LogP contribution is -2.25. The molecule has 0 radical (unpaired) electrons. The van der Waals surface area contributed by atoms with Crippen molar-refractivity contribution in [3.8, 4) is 11.5 Å². The van der Waals surface area contributed by atoms with Gasteiger partial charge >= 0.3 is 0 Å². The van der Waals surface area contributed by atoms with E-state index in [0.29, 0.717) is 12.5 Å². The lowest BCUT2D eigenvalue weighted by Gasteiger charge is -2.14. The number of carbonyl (C=O) groups is 1. The Hall–Kier alpha value is -3.34. The van der Waals surface area contributed by atoms with Crippen LogP contribution in [-0.2, 0) is 4.79 Å². The summed E-state index contributed by atoms with van der Waals surface area (Å²) in [7, 11) is 0. The van der Waals surface area contributed by atoms with Gasteiger partial charge in [-0.3, -0.25) is 4.79 Å². The van der Waals surface area contributed by atoms with Gasteiger partial charge in [-0.25, -0.2) is 5.43 Å². The first-order valence-corrected chi connectivity index (χ1v) is 10.2. The molecule has 5 heteroatoms. The van der Waals surface area contributed by atoms with E-state index in [2.05, 4.69) is 24.4 Å². The van der Waals surface area contributed by atoms with Crippen LogP contribution >= 0.6 is 0 Å². The molecule has 156 valence electrons. The second kappa shape index (κ2) is 9.92. The van der Waals surface area contributed by atoms with Crippen LogP contribution in [0.15, 0.2) is 59.7 Å². The Balaban J connectivity index is 1.70. The number of carbonyl (C=O) groups excluding carboxylic acids is 1. The van der Waals surface area contributed by atoms with Crippen molar-refractivity contribution in [3.05, 3.63) is 71.3 Å². The first-order chi connectivity index (χ1) is 14.5. The molecule has 0 heterocycles. The summed E-state index contributed by atoms with van der Waals surface area (Å²) in [6.07, 6.45) is 1.62. The fraction of sp³-hybridized carbons (Fsp3) is 0.280. The van der Waals surface area contributed by atoms with Crippen molar-refractivity contribution >= 4 is 22.9 Å². The Morgan fingerprint density at radius 3 is 2.63 bits per heavy atom. The number of aryl methyl sites for hydroxylation is 1. The van der Waals surface area contributed by atoms with Gasteiger partial charge in [0.15, 0.2) is 6.61 Å². The van der Waals surface area contributed by atoms with Crippen molar-refractivity contribution in [1.29, 1.82) is 0 Å². The molecule has 1 N–H and O–H groups in total. The molecule has 1 amide bonds. The van der Waals surface area contributed by atoms with Crippen molar-refractivity contribution in [2.24, 2.45) is 5.10 Å². The summed E-state index contributed by atoms with van der Waals surface area (Å²) >= 11 is 0. The highest BCUT2D eigenvalue weighted by molar-refractivity contribution is 6.02. The zero-order valence-electron chi connectivity index (χ0n) is 17.9. The molecule has 0 saturated heterocycles. The number of hydrazone groups is 1. The van der Waals surface area contributed by atoms with E-state index in [1.54, 1.807) is 6.21 Å². The summed E-state index contributed by atoms with van der Waals surface area (Å²) in [5.74, 6) is 1.45. The second-order valence-electron chi connectivity index (χ2n) is 7.41. The highest BCUT2D eigenvalue weighted by Gasteiger charge is 2.11. The van der Waals surface area contributed by atoms with Crippen LogP contribution in [0, 0.1) is 6.92 Å². The van der Waals surface area contributed by atoms with Crippen LogP contribution in [0.25, 0.3) is 10.8 Å². The molecule has 3 rings (SSSR count). The summed E-state index contributed by atoms with van der Waals surface area (Å²) in [6, 6.07) is 18.0. The van der Waals surface area contributed by atoms with Crippen LogP contribution < -0.4 is 14.9 Å². The molecule has 0 fully saturated rings. The van der Waals surface area contributed by atoms with E-state index in [0.717, 1.165) is 39.0 Å². The van der Waals surface area contributed by atoms with Crippen LogP contribution in [0.3, 0.4) is 0 Å². The van der Waals surface area contributed by atoms with Crippen LogP contribution in [-0.4, -0.2) is 25.3 Å². The molecule has 3 aromatic carbocycles. The number of nitrogens with one attached hydrogen (secondary N) is 1. The molecule has 0 aromatic heterocycles. The van der Waals surface area contributed by atoms with Crippen LogP contribution in [0.2, 0.25) is 0 Å². The van der Waals surface area contributed by atoms with Crippen molar-refractivity contribution in [2.75, 3.05) is 13.2 Å². The molecule has 0 bridgehead atoms. The summed E-state index contributed by atoms with van der Waals surface area (Å²) < 4.78 is 11.5. The standard InChI is InChI=1S/C25H28N2O3/c1-5-29-23-13-11-19-8-6-7-9-21(19)22(23)15-26-27-25(28)16-30-24-14-18(4)10-12-20(24)17(2)3/h6-15,17H,5,16H2,1-4H3,(H,27,28)/b26-15+. The number of rotatable bonds is 8. The van der Waals surface area contributed by atoms with Crippen molar-refractivity contribution in [1.82, 2.24) is 5.43 Å². The largest absolute Gasteiger partial charge is 0.493 e. The summed E-state index contributed by atoms with van der Waals surface area (Å²) in [4.78, 5) is 12.3. The number of benzene rings is 3. The Bertz CT molecular complexity index is 1060. The van der Waals surface area contributed by atoms with E-state index >= 15 is 0 Å². The first-order valence-electron chi connectivity index (χ1n) is 10.2. The molecule has 0 spiro atoms. The maximum Gasteiger partial charge on any atom is 0.277 e. The van der Waals surface area contributed by atoms with Gasteiger partial charge < -0.3 is 9.47 Å². The third-order valence-corrected chi connectivity index (χ3v) is 4.76. The summed E-state index contributed by atoms with van der Waals surface area (Å²) in [5.41, 5.74) is 5.55. The quantitative estimate of drug-likeness (QED) is 0.415. The van der Waals surface area contributed by atoms with Gasteiger partial charge in [0, 0.05) is 5.56 Å². The number of ether oxygens (including phenoxy) is 2. The third kappa shape index (κ3) is 5.17. The maximum absolute atomic E-state index is 12.3. The van der Waals surface area contributed by atoms with Crippen LogP contribution in [0.5, 0.6) is 11.5 Å². The number of amides is 1. The van der Waals surface area contributed by atoms with E-state index < -0.39 is 0 Å². The predicted octanol–water partition coefficient (Wildman–Crippen LogP) is 5.20. The Morgan fingerprint density at radius 1 is 1.07 bits per heavy atom. The minimum Gasteiger partial charge on any atom is -0.493 e. The van der Waals surface area contributed by atoms with Gasteiger partial charge in [0.05, 0.1) is 12.8 Å². The number of hydrogen-bond donors (Lipinski definition) is 1. The van der Waals surface area contributed by atoms with E-state index in [1.807, 2.05) is 68.4 Å². The number of nitrogens with zero attached hydrogens (tertiary/aromatic N) is 1. The lowest BCUT2D eigenvalue weighted by molar-refractivity contribution is -0.123. The SMILES string of the molecule is CCOc1ccc2ccccc2c1/C=N/NC(=O)COc1cc(C)ccc1C(C)C. The highest BCUT2D eigenvalue weighted by atomic mass is 16.5. The highest BCUT2D eigenvalue weighted by Crippen LogP contribution is 2.28. The molecule has 5 nitrogen and oxygen atoms in total. The molecule has 3 aromatic rings. The third-order valence-electron chi connectivity index (χ3n) is 4.76. The van der Waals surface area contributed by atoms with E-state index in [-0.39, 0.29) is 12.5 Å². The molecular formula is C25H28N2O3. The zero-order valence-corrected chi connectivity index (χ0v) is 17.9. The van der Waals surface area contributed by atoms with Crippen LogP contribution in [0.4, 0.5) is 0 Å². The molecule has 30 heavy (non-hydrogen) atoms. The van der Waals surface area contributed by atoms with Gasteiger partial charge in [-0.2, -0.15) is 5.10 Å². The van der Waals surface area contributed by atoms with Gasteiger partial charge in [-0.05, 0) is 53.8 Å². The normalized spacial score (nSPS) is 11.2. The minimum atomic E-state index is -0.319.